The standard InChI is InChI=1S/C16H13ClN2O2/c1-10(20)15-18-13-9-5-8-12(17)14(13)16(21)19(15)11-6-3-2-4-7-11/h2-10,20H,1H3. The van der Waals surface area contributed by atoms with Gasteiger partial charge in [0.05, 0.1) is 21.6 Å². The highest BCUT2D eigenvalue weighted by atomic mass is 35.5. The molecule has 0 aliphatic heterocycles. The van der Waals surface area contributed by atoms with Crippen LogP contribution in [0.2, 0.25) is 5.02 Å². The van der Waals surface area contributed by atoms with Gasteiger partial charge in [0.15, 0.2) is 0 Å². The lowest BCUT2D eigenvalue weighted by atomic mass is 10.2. The molecule has 5 heteroatoms. The summed E-state index contributed by atoms with van der Waals surface area (Å²) in [6, 6.07) is 14.2. The third kappa shape index (κ3) is 2.33. The van der Waals surface area contributed by atoms with E-state index in [1.165, 1.54) is 4.57 Å². The van der Waals surface area contributed by atoms with Gasteiger partial charge in [0.2, 0.25) is 0 Å². The number of para-hydroxylation sites is 1. The smallest absolute Gasteiger partial charge is 0.267 e. The molecule has 1 heterocycles. The molecular weight excluding hydrogens is 288 g/mol. The minimum absolute atomic E-state index is 0.285. The summed E-state index contributed by atoms with van der Waals surface area (Å²) in [6.07, 6.45) is -0.874. The van der Waals surface area contributed by atoms with Gasteiger partial charge in [0, 0.05) is 0 Å². The molecule has 1 unspecified atom stereocenters. The van der Waals surface area contributed by atoms with Crippen LogP contribution in [0.4, 0.5) is 0 Å². The lowest BCUT2D eigenvalue weighted by Gasteiger charge is -2.15. The Labute approximate surface area is 126 Å². The normalized spacial score (nSPS) is 12.5. The Morgan fingerprint density at radius 2 is 1.86 bits per heavy atom. The Balaban J connectivity index is 2.47. The average Bonchev–Trinajstić information content (AvgIpc) is 2.47. The fraction of sp³-hybridized carbons (Fsp3) is 0.125. The molecule has 0 bridgehead atoms. The van der Waals surface area contributed by atoms with Gasteiger partial charge in [-0.15, -0.1) is 0 Å². The zero-order chi connectivity index (χ0) is 15.0. The van der Waals surface area contributed by atoms with E-state index in [0.717, 1.165) is 0 Å². The fourth-order valence-electron chi connectivity index (χ4n) is 2.31. The van der Waals surface area contributed by atoms with Gasteiger partial charge in [-0.25, -0.2) is 4.98 Å². The molecule has 3 rings (SSSR count). The lowest BCUT2D eigenvalue weighted by Crippen LogP contribution is -2.25. The Kier molecular flexibility index (Phi) is 3.49. The zero-order valence-electron chi connectivity index (χ0n) is 11.3. The van der Waals surface area contributed by atoms with E-state index in [9.17, 15) is 9.90 Å². The maximum Gasteiger partial charge on any atom is 0.267 e. The monoisotopic (exact) mass is 300 g/mol. The second-order valence-electron chi connectivity index (χ2n) is 4.76. The maximum absolute atomic E-state index is 12.8. The van der Waals surface area contributed by atoms with Gasteiger partial charge < -0.3 is 5.11 Å². The topological polar surface area (TPSA) is 55.1 Å². The second-order valence-corrected chi connectivity index (χ2v) is 5.16. The molecule has 0 saturated heterocycles. The van der Waals surface area contributed by atoms with Gasteiger partial charge in [0.25, 0.3) is 5.56 Å². The van der Waals surface area contributed by atoms with Crippen molar-refractivity contribution >= 4 is 22.5 Å². The van der Waals surface area contributed by atoms with Crippen LogP contribution in [0.25, 0.3) is 16.6 Å². The number of nitrogens with zero attached hydrogens (tertiary/aromatic N) is 2. The number of halogens is 1. The van der Waals surface area contributed by atoms with Gasteiger partial charge in [-0.1, -0.05) is 35.9 Å². The van der Waals surface area contributed by atoms with Gasteiger partial charge in [-0.05, 0) is 31.2 Å². The molecule has 1 N–H and O–H groups in total. The predicted octanol–water partition coefficient (Wildman–Crippen LogP) is 3.09. The summed E-state index contributed by atoms with van der Waals surface area (Å²) in [5, 5.41) is 10.7. The van der Waals surface area contributed by atoms with Gasteiger partial charge in [-0.2, -0.15) is 0 Å². The highest BCUT2D eigenvalue weighted by Gasteiger charge is 2.17. The van der Waals surface area contributed by atoms with E-state index in [-0.39, 0.29) is 5.56 Å². The number of hydrogen-bond donors (Lipinski definition) is 1. The number of aliphatic hydroxyl groups is 1. The summed E-state index contributed by atoms with van der Waals surface area (Å²) in [5.74, 6) is 0.293. The van der Waals surface area contributed by atoms with E-state index >= 15 is 0 Å². The van der Waals surface area contributed by atoms with E-state index in [1.54, 1.807) is 37.3 Å². The van der Waals surface area contributed by atoms with E-state index in [0.29, 0.717) is 27.4 Å². The third-order valence-corrected chi connectivity index (χ3v) is 3.58. The van der Waals surface area contributed by atoms with Crippen LogP contribution in [0, 0.1) is 0 Å². The molecule has 106 valence electrons. The molecule has 4 nitrogen and oxygen atoms in total. The Hall–Kier alpha value is -2.17. The number of fused-ring (bicyclic) bond motifs is 1. The van der Waals surface area contributed by atoms with E-state index < -0.39 is 6.10 Å². The van der Waals surface area contributed by atoms with Crippen molar-refractivity contribution in [2.24, 2.45) is 0 Å². The molecular formula is C16H13ClN2O2. The molecule has 0 saturated carbocycles. The highest BCUT2D eigenvalue weighted by molar-refractivity contribution is 6.35. The average molecular weight is 301 g/mol. The Morgan fingerprint density at radius 3 is 2.52 bits per heavy atom. The van der Waals surface area contributed by atoms with Crippen molar-refractivity contribution in [2.75, 3.05) is 0 Å². The highest BCUT2D eigenvalue weighted by Crippen LogP contribution is 2.22. The Bertz CT molecular complexity index is 857. The van der Waals surface area contributed by atoms with Crippen LogP contribution >= 0.6 is 11.6 Å². The van der Waals surface area contributed by atoms with Crippen LogP contribution in [0.1, 0.15) is 18.9 Å². The quantitative estimate of drug-likeness (QED) is 0.791. The molecule has 3 aromatic rings. The second kappa shape index (κ2) is 5.31. The molecule has 1 atom stereocenters. The van der Waals surface area contributed by atoms with Gasteiger partial charge in [0.1, 0.15) is 11.9 Å². The first-order valence-corrected chi connectivity index (χ1v) is 6.92. The molecule has 0 radical (unpaired) electrons. The number of aliphatic hydroxyl groups excluding tert-OH is 1. The van der Waals surface area contributed by atoms with Crippen LogP contribution in [-0.2, 0) is 0 Å². The lowest BCUT2D eigenvalue weighted by molar-refractivity contribution is 0.186. The number of aromatic nitrogens is 2. The van der Waals surface area contributed by atoms with Crippen molar-refractivity contribution in [1.82, 2.24) is 9.55 Å². The summed E-state index contributed by atoms with van der Waals surface area (Å²) >= 11 is 6.14. The van der Waals surface area contributed by atoms with Crippen LogP contribution < -0.4 is 5.56 Å². The van der Waals surface area contributed by atoms with Crippen LogP contribution in [0.3, 0.4) is 0 Å². The van der Waals surface area contributed by atoms with Crippen molar-refractivity contribution in [3.05, 3.63) is 69.7 Å². The predicted molar refractivity (Wildman–Crippen MR) is 83.0 cm³/mol. The summed E-state index contributed by atoms with van der Waals surface area (Å²) in [6.45, 7) is 1.58. The zero-order valence-corrected chi connectivity index (χ0v) is 12.1. The molecule has 0 aliphatic rings. The third-order valence-electron chi connectivity index (χ3n) is 3.26. The van der Waals surface area contributed by atoms with E-state index in [2.05, 4.69) is 4.98 Å². The van der Waals surface area contributed by atoms with E-state index in [4.69, 9.17) is 11.6 Å². The van der Waals surface area contributed by atoms with Crippen molar-refractivity contribution < 1.29 is 5.11 Å². The Morgan fingerprint density at radius 1 is 1.14 bits per heavy atom. The molecule has 1 aromatic heterocycles. The van der Waals surface area contributed by atoms with Crippen molar-refractivity contribution in [3.8, 4) is 5.69 Å². The molecule has 0 amide bonds. The van der Waals surface area contributed by atoms with Crippen LogP contribution in [-0.4, -0.2) is 14.7 Å². The minimum atomic E-state index is -0.874. The summed E-state index contributed by atoms with van der Waals surface area (Å²) < 4.78 is 1.40. The van der Waals surface area contributed by atoms with Crippen molar-refractivity contribution in [2.45, 2.75) is 13.0 Å². The maximum atomic E-state index is 12.8. The van der Waals surface area contributed by atoms with Crippen LogP contribution in [0.5, 0.6) is 0 Å². The molecule has 21 heavy (non-hydrogen) atoms. The number of benzene rings is 2. The number of hydrogen-bond acceptors (Lipinski definition) is 3. The van der Waals surface area contributed by atoms with Gasteiger partial charge in [-0.3, -0.25) is 9.36 Å². The molecule has 2 aromatic carbocycles. The molecule has 0 fully saturated rings. The first-order valence-electron chi connectivity index (χ1n) is 6.54. The van der Waals surface area contributed by atoms with Gasteiger partial charge >= 0.3 is 0 Å². The van der Waals surface area contributed by atoms with E-state index in [1.807, 2.05) is 18.2 Å². The summed E-state index contributed by atoms with van der Waals surface area (Å²) in [5.41, 5.74) is 0.844. The molecule has 0 spiro atoms. The summed E-state index contributed by atoms with van der Waals surface area (Å²) in [7, 11) is 0. The number of rotatable bonds is 2. The van der Waals surface area contributed by atoms with Crippen molar-refractivity contribution in [3.63, 3.8) is 0 Å². The van der Waals surface area contributed by atoms with Crippen molar-refractivity contribution in [1.29, 1.82) is 0 Å². The largest absolute Gasteiger partial charge is 0.385 e. The molecule has 0 aliphatic carbocycles. The fourth-order valence-corrected chi connectivity index (χ4v) is 2.56. The first-order chi connectivity index (χ1) is 10.1. The SMILES string of the molecule is CC(O)c1nc2cccc(Cl)c2c(=O)n1-c1ccccc1. The summed E-state index contributed by atoms with van der Waals surface area (Å²) in [4.78, 5) is 17.2. The van der Waals surface area contributed by atoms with Crippen LogP contribution in [0.15, 0.2) is 53.3 Å². The minimum Gasteiger partial charge on any atom is -0.385 e. The first kappa shape index (κ1) is 13.8.